The van der Waals surface area contributed by atoms with Gasteiger partial charge < -0.3 is 4.74 Å². The number of aromatic nitrogens is 4. The molecule has 4 rings (SSSR count). The lowest BCUT2D eigenvalue weighted by molar-refractivity contribution is 0.210. The van der Waals surface area contributed by atoms with E-state index in [0.29, 0.717) is 23.9 Å². The number of thiazole rings is 1. The second-order valence-corrected chi connectivity index (χ2v) is 8.55. The summed E-state index contributed by atoms with van der Waals surface area (Å²) in [6.45, 7) is 6.31. The van der Waals surface area contributed by atoms with E-state index in [4.69, 9.17) is 9.72 Å². The van der Waals surface area contributed by atoms with E-state index in [9.17, 15) is 4.39 Å². The Balaban J connectivity index is 1.46. The van der Waals surface area contributed by atoms with Crippen molar-refractivity contribution in [2.24, 2.45) is 0 Å². The van der Waals surface area contributed by atoms with Crippen LogP contribution in [0.3, 0.4) is 0 Å². The molecule has 31 heavy (non-hydrogen) atoms. The Morgan fingerprint density at radius 3 is 2.68 bits per heavy atom. The predicted octanol–water partition coefficient (Wildman–Crippen LogP) is 6.16. The maximum absolute atomic E-state index is 13.1. The summed E-state index contributed by atoms with van der Waals surface area (Å²) in [4.78, 5) is 4.74. The molecule has 0 saturated heterocycles. The number of nitrogens with zero attached hydrogens (tertiary/aromatic N) is 4. The van der Waals surface area contributed by atoms with Gasteiger partial charge in [-0.3, -0.25) is 4.57 Å². The first-order valence-corrected chi connectivity index (χ1v) is 11.6. The molecule has 0 amide bonds. The Bertz CT molecular complexity index is 1140. The maximum Gasteiger partial charge on any atom is 0.192 e. The summed E-state index contributed by atoms with van der Waals surface area (Å²) < 4.78 is 21.0. The predicted molar refractivity (Wildman–Crippen MR) is 123 cm³/mol. The third-order valence-corrected chi connectivity index (χ3v) is 6.41. The van der Waals surface area contributed by atoms with Gasteiger partial charge in [0.15, 0.2) is 17.1 Å². The van der Waals surface area contributed by atoms with Gasteiger partial charge in [-0.05, 0) is 31.2 Å². The van der Waals surface area contributed by atoms with Crippen molar-refractivity contribution in [2.75, 3.05) is 0 Å². The number of thioether (sulfide) groups is 1. The van der Waals surface area contributed by atoms with Crippen LogP contribution in [0.5, 0.6) is 5.75 Å². The van der Waals surface area contributed by atoms with E-state index in [2.05, 4.69) is 34.3 Å². The van der Waals surface area contributed by atoms with E-state index in [1.165, 1.54) is 12.1 Å². The van der Waals surface area contributed by atoms with Gasteiger partial charge in [0.05, 0.1) is 5.69 Å². The summed E-state index contributed by atoms with van der Waals surface area (Å²) in [5, 5.41) is 12.6. The molecule has 5 nitrogen and oxygen atoms in total. The van der Waals surface area contributed by atoms with Crippen molar-refractivity contribution in [2.45, 2.75) is 30.5 Å². The second-order valence-electron chi connectivity index (χ2n) is 6.75. The molecule has 0 spiro atoms. The molecule has 0 aliphatic rings. The molecule has 1 atom stereocenters. The highest BCUT2D eigenvalue weighted by Gasteiger charge is 2.19. The first-order chi connectivity index (χ1) is 15.1. The molecule has 2 aromatic heterocycles. The summed E-state index contributed by atoms with van der Waals surface area (Å²) in [5.41, 5.74) is 2.12. The van der Waals surface area contributed by atoms with Crippen LogP contribution in [0.15, 0.2) is 77.8 Å². The van der Waals surface area contributed by atoms with E-state index in [-0.39, 0.29) is 11.9 Å². The molecule has 0 saturated carbocycles. The standard InChI is InChI=1S/C23H21FN4OS2/c1-3-13-28-21(16(2)29-20-11-9-18(24)10-12-20)26-27-23(28)31-15-19-14-30-22(25-19)17-7-5-4-6-8-17/h3-12,14,16H,1,13,15H2,2H3. The third kappa shape index (κ3) is 5.21. The average Bonchev–Trinajstić information content (AvgIpc) is 3.42. The molecule has 0 bridgehead atoms. The number of hydrogen-bond donors (Lipinski definition) is 0. The lowest BCUT2D eigenvalue weighted by Gasteiger charge is -2.15. The van der Waals surface area contributed by atoms with E-state index < -0.39 is 0 Å². The van der Waals surface area contributed by atoms with Crippen molar-refractivity contribution in [1.29, 1.82) is 0 Å². The molecule has 8 heteroatoms. The first kappa shape index (κ1) is 21.3. The zero-order chi connectivity index (χ0) is 21.6. The number of ether oxygens (including phenoxy) is 1. The quantitative estimate of drug-likeness (QED) is 0.225. The monoisotopic (exact) mass is 452 g/mol. The molecule has 0 aliphatic carbocycles. The van der Waals surface area contributed by atoms with Crippen molar-refractivity contribution >= 4 is 23.1 Å². The average molecular weight is 453 g/mol. The Hall–Kier alpha value is -2.97. The van der Waals surface area contributed by atoms with Gasteiger partial charge in [0.1, 0.15) is 16.6 Å². The normalized spacial score (nSPS) is 11.9. The molecule has 2 aromatic carbocycles. The van der Waals surface area contributed by atoms with Crippen LogP contribution in [0.4, 0.5) is 4.39 Å². The fourth-order valence-electron chi connectivity index (χ4n) is 3.00. The topological polar surface area (TPSA) is 52.8 Å². The number of hydrogen-bond acceptors (Lipinski definition) is 6. The number of benzene rings is 2. The fraction of sp³-hybridized carbons (Fsp3) is 0.174. The van der Waals surface area contributed by atoms with Crippen LogP contribution in [0, 0.1) is 5.82 Å². The zero-order valence-electron chi connectivity index (χ0n) is 16.9. The highest BCUT2D eigenvalue weighted by Crippen LogP contribution is 2.29. The smallest absolute Gasteiger partial charge is 0.192 e. The van der Waals surface area contributed by atoms with E-state index in [0.717, 1.165) is 21.4 Å². The number of halogens is 1. The minimum absolute atomic E-state index is 0.300. The van der Waals surface area contributed by atoms with Crippen LogP contribution in [0.2, 0.25) is 0 Å². The molecular weight excluding hydrogens is 431 g/mol. The Kier molecular flexibility index (Phi) is 6.79. The third-order valence-electron chi connectivity index (χ3n) is 4.47. The summed E-state index contributed by atoms with van der Waals surface area (Å²) in [5.74, 6) is 1.65. The molecular formula is C23H21FN4OS2. The minimum Gasteiger partial charge on any atom is -0.483 e. The van der Waals surface area contributed by atoms with Crippen LogP contribution < -0.4 is 4.74 Å². The lowest BCUT2D eigenvalue weighted by atomic mass is 10.2. The lowest BCUT2D eigenvalue weighted by Crippen LogP contribution is -2.12. The minimum atomic E-state index is -0.351. The second kappa shape index (κ2) is 9.89. The van der Waals surface area contributed by atoms with Gasteiger partial charge in [-0.25, -0.2) is 9.37 Å². The van der Waals surface area contributed by atoms with Gasteiger partial charge in [0, 0.05) is 23.2 Å². The molecule has 0 aliphatic heterocycles. The molecule has 0 N–H and O–H groups in total. The largest absolute Gasteiger partial charge is 0.483 e. The SMILES string of the molecule is C=CCn1c(SCc2csc(-c3ccccc3)n2)nnc1C(C)Oc1ccc(F)cc1. The Morgan fingerprint density at radius 1 is 1.16 bits per heavy atom. The highest BCUT2D eigenvalue weighted by atomic mass is 32.2. The molecule has 0 radical (unpaired) electrons. The van der Waals surface area contributed by atoms with Crippen LogP contribution in [-0.4, -0.2) is 19.7 Å². The summed E-state index contributed by atoms with van der Waals surface area (Å²) in [6.07, 6.45) is 1.45. The van der Waals surface area contributed by atoms with Crippen molar-refractivity contribution in [3.8, 4) is 16.3 Å². The van der Waals surface area contributed by atoms with E-state index in [1.807, 2.05) is 29.7 Å². The number of allylic oxidation sites excluding steroid dienone is 1. The Labute approximate surface area is 188 Å². The summed E-state index contributed by atoms with van der Waals surface area (Å²) in [7, 11) is 0. The number of rotatable bonds is 9. The molecule has 0 fully saturated rings. The van der Waals surface area contributed by atoms with Crippen LogP contribution >= 0.6 is 23.1 Å². The summed E-state index contributed by atoms with van der Waals surface area (Å²) >= 11 is 3.21. The van der Waals surface area contributed by atoms with Gasteiger partial charge in [-0.1, -0.05) is 48.2 Å². The van der Waals surface area contributed by atoms with Crippen LogP contribution in [0.25, 0.3) is 10.6 Å². The van der Waals surface area contributed by atoms with Gasteiger partial charge in [-0.15, -0.1) is 28.1 Å². The highest BCUT2D eigenvalue weighted by molar-refractivity contribution is 7.98. The van der Waals surface area contributed by atoms with Crippen molar-refractivity contribution in [1.82, 2.24) is 19.7 Å². The molecule has 158 valence electrons. The van der Waals surface area contributed by atoms with Crippen molar-refractivity contribution < 1.29 is 9.13 Å². The van der Waals surface area contributed by atoms with Gasteiger partial charge in [0.25, 0.3) is 0 Å². The molecule has 1 unspecified atom stereocenters. The fourth-order valence-corrected chi connectivity index (χ4v) is 4.78. The van der Waals surface area contributed by atoms with Crippen molar-refractivity contribution in [3.63, 3.8) is 0 Å². The van der Waals surface area contributed by atoms with Gasteiger partial charge >= 0.3 is 0 Å². The van der Waals surface area contributed by atoms with Crippen LogP contribution in [-0.2, 0) is 12.3 Å². The van der Waals surface area contributed by atoms with Gasteiger partial charge in [0.2, 0.25) is 0 Å². The molecule has 4 aromatic rings. The van der Waals surface area contributed by atoms with Crippen LogP contribution in [0.1, 0.15) is 24.5 Å². The first-order valence-electron chi connectivity index (χ1n) is 9.73. The zero-order valence-corrected chi connectivity index (χ0v) is 18.6. The maximum atomic E-state index is 13.1. The van der Waals surface area contributed by atoms with Gasteiger partial charge in [-0.2, -0.15) is 0 Å². The molecule has 2 heterocycles. The van der Waals surface area contributed by atoms with Crippen molar-refractivity contribution in [3.05, 3.63) is 90.0 Å². The Morgan fingerprint density at radius 2 is 1.94 bits per heavy atom. The van der Waals surface area contributed by atoms with E-state index >= 15 is 0 Å². The van der Waals surface area contributed by atoms with E-state index in [1.54, 1.807) is 41.3 Å². The summed E-state index contributed by atoms with van der Waals surface area (Å²) in [6, 6.07) is 16.1.